The molecule has 1 aromatic heterocycles. The van der Waals surface area contributed by atoms with Gasteiger partial charge in [-0.05, 0) is 27.2 Å². The molecule has 0 N–H and O–H groups in total. The van der Waals surface area contributed by atoms with E-state index in [-0.39, 0.29) is 11.8 Å². The molecule has 0 saturated carbocycles. The van der Waals surface area contributed by atoms with E-state index in [2.05, 4.69) is 9.97 Å². The van der Waals surface area contributed by atoms with Gasteiger partial charge in [-0.3, -0.25) is 0 Å². The Morgan fingerprint density at radius 2 is 2.00 bits per heavy atom. The third kappa shape index (κ3) is 3.67. The van der Waals surface area contributed by atoms with Gasteiger partial charge in [0.05, 0.1) is 25.8 Å². The standard InChI is InChI=1S/C16H21N3O4/c1-5-23-15(20)12-7-6-8-19(9-12)14-10(2)11(3)17-13(18-14)16(21)22-4/h7H,5-6,8-9H2,1-4H3. The van der Waals surface area contributed by atoms with E-state index >= 15 is 0 Å². The first-order chi connectivity index (χ1) is 11.0. The summed E-state index contributed by atoms with van der Waals surface area (Å²) in [5.41, 5.74) is 2.19. The van der Waals surface area contributed by atoms with Gasteiger partial charge in [0, 0.05) is 17.8 Å². The van der Waals surface area contributed by atoms with Crippen molar-refractivity contribution >= 4 is 17.8 Å². The fraction of sp³-hybridized carbons (Fsp3) is 0.500. The van der Waals surface area contributed by atoms with Crippen LogP contribution < -0.4 is 4.90 Å². The molecule has 1 aliphatic heterocycles. The number of carbonyl (C=O) groups excluding carboxylic acids is 2. The Hall–Kier alpha value is -2.44. The van der Waals surface area contributed by atoms with Crippen LogP contribution in [0.25, 0.3) is 0 Å². The number of ether oxygens (including phenoxy) is 2. The van der Waals surface area contributed by atoms with Gasteiger partial charge < -0.3 is 14.4 Å². The predicted octanol–water partition coefficient (Wildman–Crippen LogP) is 1.58. The van der Waals surface area contributed by atoms with Gasteiger partial charge >= 0.3 is 11.9 Å². The molecule has 1 aromatic rings. The molecule has 7 nitrogen and oxygen atoms in total. The number of esters is 2. The van der Waals surface area contributed by atoms with Crippen molar-refractivity contribution in [3.63, 3.8) is 0 Å². The average Bonchev–Trinajstić information content (AvgIpc) is 2.56. The number of aromatic nitrogens is 2. The summed E-state index contributed by atoms with van der Waals surface area (Å²) in [6.45, 7) is 6.94. The highest BCUT2D eigenvalue weighted by Gasteiger charge is 2.24. The van der Waals surface area contributed by atoms with Crippen molar-refractivity contribution in [1.82, 2.24) is 9.97 Å². The van der Waals surface area contributed by atoms with Crippen LogP contribution in [0.3, 0.4) is 0 Å². The topological polar surface area (TPSA) is 81.6 Å². The third-order valence-corrected chi connectivity index (χ3v) is 3.72. The number of carbonyl (C=O) groups is 2. The first-order valence-corrected chi connectivity index (χ1v) is 7.52. The Morgan fingerprint density at radius 3 is 2.65 bits per heavy atom. The van der Waals surface area contributed by atoms with Crippen molar-refractivity contribution < 1.29 is 19.1 Å². The van der Waals surface area contributed by atoms with Crippen LogP contribution in [-0.2, 0) is 14.3 Å². The van der Waals surface area contributed by atoms with E-state index in [4.69, 9.17) is 9.47 Å². The molecule has 124 valence electrons. The monoisotopic (exact) mass is 319 g/mol. The largest absolute Gasteiger partial charge is 0.463 e. The Balaban J connectivity index is 2.31. The predicted molar refractivity (Wildman–Crippen MR) is 84.4 cm³/mol. The van der Waals surface area contributed by atoms with Crippen molar-refractivity contribution in [1.29, 1.82) is 0 Å². The van der Waals surface area contributed by atoms with Crippen LogP contribution in [-0.4, -0.2) is 48.7 Å². The highest BCUT2D eigenvalue weighted by atomic mass is 16.5. The van der Waals surface area contributed by atoms with Gasteiger partial charge in [0.1, 0.15) is 5.82 Å². The number of hydrogen-bond acceptors (Lipinski definition) is 7. The lowest BCUT2D eigenvalue weighted by Gasteiger charge is -2.29. The molecule has 0 aliphatic carbocycles. The number of hydrogen-bond donors (Lipinski definition) is 0. The first kappa shape index (κ1) is 16.9. The van der Waals surface area contributed by atoms with Crippen LogP contribution in [0.2, 0.25) is 0 Å². The molecule has 0 radical (unpaired) electrons. The zero-order valence-electron chi connectivity index (χ0n) is 13.9. The summed E-state index contributed by atoms with van der Waals surface area (Å²) in [7, 11) is 1.29. The van der Waals surface area contributed by atoms with Crippen molar-refractivity contribution in [2.75, 3.05) is 31.7 Å². The molecule has 7 heteroatoms. The normalized spacial score (nSPS) is 14.3. The zero-order valence-corrected chi connectivity index (χ0v) is 13.9. The summed E-state index contributed by atoms with van der Waals surface area (Å²) in [5.74, 6) is -0.216. The maximum absolute atomic E-state index is 11.9. The van der Waals surface area contributed by atoms with E-state index in [0.717, 1.165) is 5.56 Å². The summed E-state index contributed by atoms with van der Waals surface area (Å²) in [6.07, 6.45) is 2.60. The van der Waals surface area contributed by atoms with Gasteiger partial charge in [-0.1, -0.05) is 6.08 Å². The van der Waals surface area contributed by atoms with E-state index in [1.54, 1.807) is 6.92 Å². The van der Waals surface area contributed by atoms with Crippen molar-refractivity contribution in [3.05, 3.63) is 28.7 Å². The summed E-state index contributed by atoms with van der Waals surface area (Å²) >= 11 is 0. The Morgan fingerprint density at radius 1 is 1.26 bits per heavy atom. The number of nitrogens with zero attached hydrogens (tertiary/aromatic N) is 3. The maximum atomic E-state index is 11.9. The second kappa shape index (κ2) is 7.21. The van der Waals surface area contributed by atoms with Crippen molar-refractivity contribution in [2.45, 2.75) is 27.2 Å². The molecule has 23 heavy (non-hydrogen) atoms. The van der Waals surface area contributed by atoms with E-state index in [0.29, 0.717) is 43.2 Å². The summed E-state index contributed by atoms with van der Waals surface area (Å²) in [4.78, 5) is 34.1. The van der Waals surface area contributed by atoms with Gasteiger partial charge in [-0.2, -0.15) is 0 Å². The van der Waals surface area contributed by atoms with Crippen LogP contribution >= 0.6 is 0 Å². The Bertz CT molecular complexity index is 655. The van der Waals surface area contributed by atoms with Crippen LogP contribution in [0.5, 0.6) is 0 Å². The molecule has 0 saturated heterocycles. The lowest BCUT2D eigenvalue weighted by molar-refractivity contribution is -0.138. The van der Waals surface area contributed by atoms with Gasteiger partial charge in [0.15, 0.2) is 0 Å². The van der Waals surface area contributed by atoms with E-state index in [1.165, 1.54) is 7.11 Å². The molecule has 2 rings (SSSR count). The smallest absolute Gasteiger partial charge is 0.376 e. The van der Waals surface area contributed by atoms with E-state index in [9.17, 15) is 9.59 Å². The molecular weight excluding hydrogens is 298 g/mol. The fourth-order valence-electron chi connectivity index (χ4n) is 2.40. The average molecular weight is 319 g/mol. The Kier molecular flexibility index (Phi) is 5.31. The molecule has 0 bridgehead atoms. The SMILES string of the molecule is CCOC(=O)C1=CCCN(c2nc(C(=O)OC)nc(C)c2C)C1. The molecular formula is C16H21N3O4. The molecule has 2 heterocycles. The molecule has 0 fully saturated rings. The van der Waals surface area contributed by atoms with Gasteiger partial charge in [-0.15, -0.1) is 0 Å². The van der Waals surface area contributed by atoms with Crippen LogP contribution in [0.1, 0.15) is 35.2 Å². The van der Waals surface area contributed by atoms with Gasteiger partial charge in [0.25, 0.3) is 0 Å². The van der Waals surface area contributed by atoms with Gasteiger partial charge in [-0.25, -0.2) is 19.6 Å². The molecule has 0 atom stereocenters. The molecule has 0 aromatic carbocycles. The van der Waals surface area contributed by atoms with Crippen LogP contribution in [0, 0.1) is 13.8 Å². The molecule has 0 spiro atoms. The highest BCUT2D eigenvalue weighted by Crippen LogP contribution is 2.24. The minimum atomic E-state index is -0.576. The van der Waals surface area contributed by atoms with Crippen molar-refractivity contribution in [2.24, 2.45) is 0 Å². The zero-order chi connectivity index (χ0) is 17.0. The number of methoxy groups -OCH3 is 1. The molecule has 1 aliphatic rings. The highest BCUT2D eigenvalue weighted by molar-refractivity contribution is 5.90. The lowest BCUT2D eigenvalue weighted by Crippen LogP contribution is -2.34. The van der Waals surface area contributed by atoms with Gasteiger partial charge in [0.2, 0.25) is 5.82 Å². The third-order valence-electron chi connectivity index (χ3n) is 3.72. The van der Waals surface area contributed by atoms with E-state index in [1.807, 2.05) is 24.8 Å². The van der Waals surface area contributed by atoms with Crippen molar-refractivity contribution in [3.8, 4) is 0 Å². The van der Waals surface area contributed by atoms with E-state index < -0.39 is 5.97 Å². The maximum Gasteiger partial charge on any atom is 0.376 e. The number of anilines is 1. The fourth-order valence-corrected chi connectivity index (χ4v) is 2.40. The number of rotatable bonds is 4. The van der Waals surface area contributed by atoms with Crippen LogP contribution in [0.15, 0.2) is 11.6 Å². The summed E-state index contributed by atoms with van der Waals surface area (Å²) in [6, 6.07) is 0. The first-order valence-electron chi connectivity index (χ1n) is 7.52. The quantitative estimate of drug-likeness (QED) is 0.779. The second-order valence-corrected chi connectivity index (χ2v) is 5.23. The minimum absolute atomic E-state index is 0.0258. The summed E-state index contributed by atoms with van der Waals surface area (Å²) < 4.78 is 9.75. The minimum Gasteiger partial charge on any atom is -0.463 e. The molecule has 0 unspecified atom stereocenters. The lowest BCUT2D eigenvalue weighted by atomic mass is 10.1. The summed E-state index contributed by atoms with van der Waals surface area (Å²) in [5, 5.41) is 0. The van der Waals surface area contributed by atoms with Crippen LogP contribution in [0.4, 0.5) is 5.82 Å². The molecule has 0 amide bonds. The number of aryl methyl sites for hydroxylation is 1. The second-order valence-electron chi connectivity index (χ2n) is 5.23. The Labute approximate surface area is 135 Å².